The van der Waals surface area contributed by atoms with Crippen molar-refractivity contribution in [2.24, 2.45) is 0 Å². The molecule has 1 heterocycles. The average molecular weight is 285 g/mol. The van der Waals surface area contributed by atoms with Crippen LogP contribution in [0.2, 0.25) is 5.02 Å². The Labute approximate surface area is 119 Å². The van der Waals surface area contributed by atoms with E-state index in [9.17, 15) is 4.39 Å². The highest BCUT2D eigenvalue weighted by molar-refractivity contribution is 6.33. The SMILES string of the molecule is CCC1(CC)CN(c2cc(F)ccc2Cl)CCCN1. The quantitative estimate of drug-likeness (QED) is 0.907. The highest BCUT2D eigenvalue weighted by Gasteiger charge is 2.31. The van der Waals surface area contributed by atoms with E-state index in [1.807, 2.05) is 0 Å². The van der Waals surface area contributed by atoms with Crippen molar-refractivity contribution in [2.45, 2.75) is 38.6 Å². The second-order valence-electron chi connectivity index (χ2n) is 5.29. The lowest BCUT2D eigenvalue weighted by molar-refractivity contribution is 0.321. The van der Waals surface area contributed by atoms with Gasteiger partial charge in [-0.1, -0.05) is 25.4 Å². The number of hydrogen-bond acceptors (Lipinski definition) is 2. The Morgan fingerprint density at radius 3 is 2.79 bits per heavy atom. The van der Waals surface area contributed by atoms with Gasteiger partial charge in [-0.05, 0) is 44.0 Å². The van der Waals surface area contributed by atoms with Gasteiger partial charge in [0, 0.05) is 18.6 Å². The molecule has 1 aromatic rings. The number of anilines is 1. The summed E-state index contributed by atoms with van der Waals surface area (Å²) < 4.78 is 13.5. The molecule has 0 aromatic heterocycles. The zero-order valence-electron chi connectivity index (χ0n) is 11.7. The summed E-state index contributed by atoms with van der Waals surface area (Å²) in [5.74, 6) is -0.227. The Bertz CT molecular complexity index is 432. The molecule has 1 saturated heterocycles. The third-order valence-electron chi connectivity index (χ3n) is 4.20. The van der Waals surface area contributed by atoms with E-state index in [-0.39, 0.29) is 11.4 Å². The largest absolute Gasteiger partial charge is 0.368 e. The first-order valence-electron chi connectivity index (χ1n) is 7.05. The first-order valence-corrected chi connectivity index (χ1v) is 7.43. The standard InChI is InChI=1S/C15H22ClFN2/c1-3-15(4-2)11-19(9-5-8-18-15)14-10-12(17)6-7-13(14)16/h6-7,10,18H,3-5,8-9,11H2,1-2H3. The van der Waals surface area contributed by atoms with Crippen LogP contribution in [0.15, 0.2) is 18.2 Å². The van der Waals surface area contributed by atoms with Gasteiger partial charge in [-0.25, -0.2) is 4.39 Å². The van der Waals surface area contributed by atoms with Gasteiger partial charge in [0.2, 0.25) is 0 Å². The van der Waals surface area contributed by atoms with E-state index in [0.717, 1.165) is 44.6 Å². The molecule has 1 aromatic carbocycles. The maximum atomic E-state index is 13.5. The fourth-order valence-electron chi connectivity index (χ4n) is 2.78. The highest BCUT2D eigenvalue weighted by atomic mass is 35.5. The monoisotopic (exact) mass is 284 g/mol. The molecule has 2 rings (SSSR count). The van der Waals surface area contributed by atoms with Crippen LogP contribution in [-0.2, 0) is 0 Å². The first-order chi connectivity index (χ1) is 9.10. The molecular weight excluding hydrogens is 263 g/mol. The summed E-state index contributed by atoms with van der Waals surface area (Å²) in [5.41, 5.74) is 0.920. The summed E-state index contributed by atoms with van der Waals surface area (Å²) >= 11 is 6.23. The van der Waals surface area contributed by atoms with Crippen molar-refractivity contribution in [2.75, 3.05) is 24.5 Å². The average Bonchev–Trinajstić information content (AvgIpc) is 2.64. The predicted molar refractivity (Wildman–Crippen MR) is 79.6 cm³/mol. The van der Waals surface area contributed by atoms with E-state index < -0.39 is 0 Å². The third-order valence-corrected chi connectivity index (χ3v) is 4.52. The fraction of sp³-hybridized carbons (Fsp3) is 0.600. The Morgan fingerprint density at radius 1 is 1.37 bits per heavy atom. The van der Waals surface area contributed by atoms with E-state index in [4.69, 9.17) is 11.6 Å². The second-order valence-corrected chi connectivity index (χ2v) is 5.69. The number of halogens is 2. The number of benzene rings is 1. The summed E-state index contributed by atoms with van der Waals surface area (Å²) in [6.45, 7) is 7.20. The molecule has 4 heteroatoms. The lowest BCUT2D eigenvalue weighted by Crippen LogP contribution is -2.50. The molecule has 1 aliphatic rings. The zero-order chi connectivity index (χ0) is 13.9. The number of hydrogen-bond donors (Lipinski definition) is 1. The van der Waals surface area contributed by atoms with Crippen LogP contribution in [0.25, 0.3) is 0 Å². The Hall–Kier alpha value is -0.800. The van der Waals surface area contributed by atoms with E-state index in [2.05, 4.69) is 24.1 Å². The van der Waals surface area contributed by atoms with Crippen molar-refractivity contribution in [3.8, 4) is 0 Å². The molecular formula is C15H22ClFN2. The van der Waals surface area contributed by atoms with E-state index in [1.165, 1.54) is 6.07 Å². The van der Waals surface area contributed by atoms with Crippen molar-refractivity contribution in [3.63, 3.8) is 0 Å². The Morgan fingerprint density at radius 2 is 2.11 bits per heavy atom. The molecule has 1 fully saturated rings. The van der Waals surface area contributed by atoms with Crippen LogP contribution >= 0.6 is 11.6 Å². The zero-order valence-corrected chi connectivity index (χ0v) is 12.4. The number of nitrogens with zero attached hydrogens (tertiary/aromatic N) is 1. The molecule has 19 heavy (non-hydrogen) atoms. The lowest BCUT2D eigenvalue weighted by atomic mass is 9.92. The second kappa shape index (κ2) is 6.10. The van der Waals surface area contributed by atoms with Crippen LogP contribution in [-0.4, -0.2) is 25.2 Å². The smallest absolute Gasteiger partial charge is 0.125 e. The minimum Gasteiger partial charge on any atom is -0.368 e. The molecule has 0 saturated carbocycles. The maximum absolute atomic E-state index is 13.5. The molecule has 0 atom stereocenters. The molecule has 2 nitrogen and oxygen atoms in total. The van der Waals surface area contributed by atoms with Gasteiger partial charge in [0.1, 0.15) is 5.82 Å². The minimum absolute atomic E-state index is 0.103. The van der Waals surface area contributed by atoms with Crippen LogP contribution in [0.1, 0.15) is 33.1 Å². The molecule has 0 spiro atoms. The molecule has 0 unspecified atom stereocenters. The van der Waals surface area contributed by atoms with Crippen LogP contribution in [0.4, 0.5) is 10.1 Å². The van der Waals surface area contributed by atoms with Crippen molar-refractivity contribution in [1.82, 2.24) is 5.32 Å². The molecule has 0 radical (unpaired) electrons. The van der Waals surface area contributed by atoms with Gasteiger partial charge < -0.3 is 10.2 Å². The van der Waals surface area contributed by atoms with E-state index in [1.54, 1.807) is 12.1 Å². The summed E-state index contributed by atoms with van der Waals surface area (Å²) in [4.78, 5) is 2.22. The Balaban J connectivity index is 2.29. The van der Waals surface area contributed by atoms with Crippen LogP contribution in [0, 0.1) is 5.82 Å². The van der Waals surface area contributed by atoms with Gasteiger partial charge in [-0.15, -0.1) is 0 Å². The number of nitrogens with one attached hydrogen (secondary N) is 1. The Kier molecular flexibility index (Phi) is 4.69. The van der Waals surface area contributed by atoms with Crippen molar-refractivity contribution >= 4 is 17.3 Å². The van der Waals surface area contributed by atoms with Gasteiger partial charge in [-0.3, -0.25) is 0 Å². The fourth-order valence-corrected chi connectivity index (χ4v) is 3.02. The third kappa shape index (κ3) is 3.21. The maximum Gasteiger partial charge on any atom is 0.125 e. The lowest BCUT2D eigenvalue weighted by Gasteiger charge is -2.36. The van der Waals surface area contributed by atoms with E-state index >= 15 is 0 Å². The summed E-state index contributed by atoms with van der Waals surface area (Å²) in [7, 11) is 0. The normalized spacial score (nSPS) is 19.3. The molecule has 0 bridgehead atoms. The van der Waals surface area contributed by atoms with Gasteiger partial charge in [0.05, 0.1) is 10.7 Å². The highest BCUT2D eigenvalue weighted by Crippen LogP contribution is 2.30. The van der Waals surface area contributed by atoms with Gasteiger partial charge >= 0.3 is 0 Å². The topological polar surface area (TPSA) is 15.3 Å². The van der Waals surface area contributed by atoms with Crippen LogP contribution in [0.3, 0.4) is 0 Å². The van der Waals surface area contributed by atoms with Gasteiger partial charge in [0.15, 0.2) is 0 Å². The molecule has 1 N–H and O–H groups in total. The van der Waals surface area contributed by atoms with Crippen LogP contribution in [0.5, 0.6) is 0 Å². The summed E-state index contributed by atoms with van der Waals surface area (Å²) in [6.07, 6.45) is 3.18. The van der Waals surface area contributed by atoms with Crippen molar-refractivity contribution in [3.05, 3.63) is 29.0 Å². The van der Waals surface area contributed by atoms with Crippen molar-refractivity contribution < 1.29 is 4.39 Å². The molecule has 0 aliphatic carbocycles. The molecule has 1 aliphatic heterocycles. The first kappa shape index (κ1) is 14.6. The molecule has 0 amide bonds. The van der Waals surface area contributed by atoms with Crippen molar-refractivity contribution in [1.29, 1.82) is 0 Å². The van der Waals surface area contributed by atoms with Gasteiger partial charge in [0.25, 0.3) is 0 Å². The molecule has 106 valence electrons. The summed E-state index contributed by atoms with van der Waals surface area (Å²) in [5, 5.41) is 4.28. The predicted octanol–water partition coefficient (Wildman–Crippen LogP) is 3.84. The number of rotatable bonds is 3. The van der Waals surface area contributed by atoms with Gasteiger partial charge in [-0.2, -0.15) is 0 Å². The minimum atomic E-state index is -0.227. The van der Waals surface area contributed by atoms with E-state index in [0.29, 0.717) is 5.02 Å². The summed E-state index contributed by atoms with van der Waals surface area (Å²) in [6, 6.07) is 4.60. The van der Waals surface area contributed by atoms with Crippen LogP contribution < -0.4 is 10.2 Å².